The van der Waals surface area contributed by atoms with Gasteiger partial charge in [0, 0.05) is 19.5 Å². The highest BCUT2D eigenvalue weighted by molar-refractivity contribution is 5.77. The molecule has 1 aliphatic carbocycles. The first-order valence-electron chi connectivity index (χ1n) is 9.68. The van der Waals surface area contributed by atoms with Crippen LogP contribution >= 0.6 is 0 Å². The average molecular weight is 333 g/mol. The molecule has 2 aromatic carbocycles. The normalized spacial score (nSPS) is 26.8. The predicted octanol–water partition coefficient (Wildman–Crippen LogP) is 5.01. The molecule has 3 atom stereocenters. The van der Waals surface area contributed by atoms with Crippen LogP contribution in [0.25, 0.3) is 0 Å². The van der Waals surface area contributed by atoms with Crippen LogP contribution < -0.4 is 0 Å². The highest BCUT2D eigenvalue weighted by Gasteiger charge is 2.39. The first-order chi connectivity index (χ1) is 12.3. The second kappa shape index (κ2) is 7.43. The molecule has 0 spiro atoms. The van der Waals surface area contributed by atoms with E-state index in [1.807, 2.05) is 6.07 Å². The number of benzene rings is 2. The van der Waals surface area contributed by atoms with Crippen molar-refractivity contribution in [3.8, 4) is 0 Å². The molecular weight excluding hydrogens is 306 g/mol. The van der Waals surface area contributed by atoms with E-state index in [1.54, 1.807) is 0 Å². The van der Waals surface area contributed by atoms with Gasteiger partial charge in [0.2, 0.25) is 5.91 Å². The van der Waals surface area contributed by atoms with Crippen LogP contribution in [0.5, 0.6) is 0 Å². The summed E-state index contributed by atoms with van der Waals surface area (Å²) in [5, 5.41) is 0. The maximum atomic E-state index is 13.1. The minimum absolute atomic E-state index is 0.326. The summed E-state index contributed by atoms with van der Waals surface area (Å²) in [7, 11) is 0. The fourth-order valence-corrected chi connectivity index (χ4v) is 4.87. The molecule has 2 aliphatic rings. The summed E-state index contributed by atoms with van der Waals surface area (Å²) in [4.78, 5) is 15.2. The third kappa shape index (κ3) is 3.63. The summed E-state index contributed by atoms with van der Waals surface area (Å²) in [6.07, 6.45) is 5.84. The van der Waals surface area contributed by atoms with E-state index in [0.717, 1.165) is 13.1 Å². The van der Waals surface area contributed by atoms with Gasteiger partial charge in [0.05, 0.1) is 0 Å². The molecule has 2 fully saturated rings. The maximum Gasteiger partial charge on any atom is 0.223 e. The quantitative estimate of drug-likeness (QED) is 0.773. The zero-order valence-corrected chi connectivity index (χ0v) is 14.8. The largest absolute Gasteiger partial charge is 0.338 e. The van der Waals surface area contributed by atoms with Crippen LogP contribution in [0, 0.1) is 11.8 Å². The van der Waals surface area contributed by atoms with Gasteiger partial charge >= 0.3 is 0 Å². The Kier molecular flexibility index (Phi) is 4.87. The standard InChI is InChI=1S/C23H27NO/c25-23-15-22(19-11-5-2-6-12-19)21-14-8-7-13-20(21)17-24(23)16-18-9-3-1-4-10-18/h1-6,9-12,20-22H,7-8,13-17H2/t20-,21+,22-/m0/s1. The van der Waals surface area contributed by atoms with E-state index in [9.17, 15) is 4.79 Å². The van der Waals surface area contributed by atoms with Crippen molar-refractivity contribution in [2.75, 3.05) is 6.54 Å². The Labute approximate surface area is 150 Å². The molecule has 25 heavy (non-hydrogen) atoms. The lowest BCUT2D eigenvalue weighted by Gasteiger charge is -2.35. The lowest BCUT2D eigenvalue weighted by molar-refractivity contribution is -0.131. The van der Waals surface area contributed by atoms with Gasteiger partial charge in [-0.3, -0.25) is 4.79 Å². The van der Waals surface area contributed by atoms with Crippen molar-refractivity contribution in [1.29, 1.82) is 0 Å². The summed E-state index contributed by atoms with van der Waals surface area (Å²) >= 11 is 0. The van der Waals surface area contributed by atoms with Gasteiger partial charge in [-0.15, -0.1) is 0 Å². The fourth-order valence-electron chi connectivity index (χ4n) is 4.87. The number of nitrogens with zero attached hydrogens (tertiary/aromatic N) is 1. The summed E-state index contributed by atoms with van der Waals surface area (Å²) in [6.45, 7) is 1.69. The Balaban J connectivity index is 1.60. The zero-order chi connectivity index (χ0) is 17.1. The summed E-state index contributed by atoms with van der Waals surface area (Å²) < 4.78 is 0. The van der Waals surface area contributed by atoms with Crippen molar-refractivity contribution in [2.24, 2.45) is 11.8 Å². The Hall–Kier alpha value is -2.09. The van der Waals surface area contributed by atoms with Gasteiger partial charge in [-0.2, -0.15) is 0 Å². The van der Waals surface area contributed by atoms with E-state index < -0.39 is 0 Å². The highest BCUT2D eigenvalue weighted by atomic mass is 16.2. The van der Waals surface area contributed by atoms with Crippen LogP contribution in [0.15, 0.2) is 60.7 Å². The number of fused-ring (bicyclic) bond motifs is 1. The molecule has 0 aromatic heterocycles. The van der Waals surface area contributed by atoms with Crippen LogP contribution in [0.1, 0.15) is 49.1 Å². The highest BCUT2D eigenvalue weighted by Crippen LogP contribution is 2.44. The molecule has 130 valence electrons. The van der Waals surface area contributed by atoms with Gasteiger partial charge in [-0.05, 0) is 41.7 Å². The summed E-state index contributed by atoms with van der Waals surface area (Å²) in [6, 6.07) is 21.2. The smallest absolute Gasteiger partial charge is 0.223 e. The van der Waals surface area contributed by atoms with Crippen molar-refractivity contribution in [3.05, 3.63) is 71.8 Å². The molecule has 1 saturated heterocycles. The van der Waals surface area contributed by atoms with Gasteiger partial charge in [0.1, 0.15) is 0 Å². The zero-order valence-electron chi connectivity index (χ0n) is 14.8. The van der Waals surface area contributed by atoms with Gasteiger partial charge in [0.15, 0.2) is 0 Å². The van der Waals surface area contributed by atoms with E-state index in [0.29, 0.717) is 30.1 Å². The van der Waals surface area contributed by atoms with Crippen molar-refractivity contribution in [2.45, 2.75) is 44.6 Å². The second-order valence-corrected chi connectivity index (χ2v) is 7.69. The van der Waals surface area contributed by atoms with Gasteiger partial charge in [-0.1, -0.05) is 73.5 Å². The van der Waals surface area contributed by atoms with Gasteiger partial charge in [-0.25, -0.2) is 0 Å². The molecule has 0 bridgehead atoms. The Morgan fingerprint density at radius 1 is 0.880 bits per heavy atom. The molecule has 1 amide bonds. The maximum absolute atomic E-state index is 13.1. The van der Waals surface area contributed by atoms with Crippen molar-refractivity contribution in [3.63, 3.8) is 0 Å². The molecule has 1 aliphatic heterocycles. The van der Waals surface area contributed by atoms with Gasteiger partial charge < -0.3 is 4.90 Å². The molecular formula is C23H27NO. The number of hydrogen-bond donors (Lipinski definition) is 0. The average Bonchev–Trinajstić information content (AvgIpc) is 2.80. The topological polar surface area (TPSA) is 20.3 Å². The fraction of sp³-hybridized carbons (Fsp3) is 0.435. The Bertz CT molecular complexity index is 697. The van der Waals surface area contributed by atoms with Crippen LogP contribution in [-0.4, -0.2) is 17.4 Å². The van der Waals surface area contributed by atoms with Crippen LogP contribution in [0.2, 0.25) is 0 Å². The molecule has 0 N–H and O–H groups in total. The number of likely N-dealkylation sites (tertiary alicyclic amines) is 1. The second-order valence-electron chi connectivity index (χ2n) is 7.69. The van der Waals surface area contributed by atoms with E-state index in [4.69, 9.17) is 0 Å². The molecule has 2 aromatic rings. The third-order valence-corrected chi connectivity index (χ3v) is 6.13. The molecule has 4 rings (SSSR count). The number of hydrogen-bond acceptors (Lipinski definition) is 1. The lowest BCUT2D eigenvalue weighted by Crippen LogP contribution is -2.34. The van der Waals surface area contributed by atoms with Crippen molar-refractivity contribution in [1.82, 2.24) is 4.90 Å². The van der Waals surface area contributed by atoms with E-state index >= 15 is 0 Å². The van der Waals surface area contributed by atoms with Gasteiger partial charge in [0.25, 0.3) is 0 Å². The summed E-state index contributed by atoms with van der Waals surface area (Å²) in [5.74, 6) is 2.02. The van der Waals surface area contributed by atoms with Crippen LogP contribution in [0.4, 0.5) is 0 Å². The third-order valence-electron chi connectivity index (χ3n) is 6.13. The van der Waals surface area contributed by atoms with Crippen molar-refractivity contribution < 1.29 is 4.79 Å². The molecule has 2 heteroatoms. The number of carbonyl (C=O) groups excluding carboxylic acids is 1. The molecule has 1 heterocycles. The molecule has 0 radical (unpaired) electrons. The number of carbonyl (C=O) groups is 1. The van der Waals surface area contributed by atoms with E-state index in [-0.39, 0.29) is 0 Å². The summed E-state index contributed by atoms with van der Waals surface area (Å²) in [5.41, 5.74) is 2.59. The van der Waals surface area contributed by atoms with Crippen molar-refractivity contribution >= 4 is 5.91 Å². The van der Waals surface area contributed by atoms with E-state index in [1.165, 1.54) is 36.8 Å². The predicted molar refractivity (Wildman–Crippen MR) is 101 cm³/mol. The molecule has 2 nitrogen and oxygen atoms in total. The number of rotatable bonds is 3. The van der Waals surface area contributed by atoms with Crippen LogP contribution in [-0.2, 0) is 11.3 Å². The Morgan fingerprint density at radius 2 is 1.56 bits per heavy atom. The number of amides is 1. The minimum atomic E-state index is 0.326. The molecule has 1 saturated carbocycles. The Morgan fingerprint density at radius 3 is 2.32 bits per heavy atom. The minimum Gasteiger partial charge on any atom is -0.338 e. The lowest BCUT2D eigenvalue weighted by atomic mass is 9.70. The molecule has 0 unspecified atom stereocenters. The first-order valence-corrected chi connectivity index (χ1v) is 9.68. The SMILES string of the molecule is O=C1C[C@@H](c2ccccc2)[C@@H]2CCCC[C@H]2CN1Cc1ccccc1. The van der Waals surface area contributed by atoms with Crippen LogP contribution in [0.3, 0.4) is 0 Å². The monoisotopic (exact) mass is 333 g/mol. The first kappa shape index (κ1) is 16.4. The van der Waals surface area contributed by atoms with E-state index in [2.05, 4.69) is 59.5 Å².